The molecule has 0 amide bonds. The average molecular weight is 451 g/mol. The predicted octanol–water partition coefficient (Wildman–Crippen LogP) is 1.35. The minimum Gasteiger partial charge on any atom is -0.488 e. The first kappa shape index (κ1) is 22.5. The molecule has 2 aromatic rings. The maximum atomic E-state index is 10.4. The second kappa shape index (κ2) is 9.42. The van der Waals surface area contributed by atoms with E-state index in [9.17, 15) is 25.5 Å². The van der Waals surface area contributed by atoms with Gasteiger partial charge in [0.15, 0.2) is 0 Å². The number of ether oxygens (including phenoxy) is 2. The number of halogens is 1. The Labute approximate surface area is 185 Å². The second-order valence-corrected chi connectivity index (χ2v) is 8.63. The van der Waals surface area contributed by atoms with Crippen LogP contribution in [0, 0.1) is 0 Å². The highest BCUT2D eigenvalue weighted by molar-refractivity contribution is 6.31. The second-order valence-electron chi connectivity index (χ2n) is 8.22. The van der Waals surface area contributed by atoms with Gasteiger partial charge < -0.3 is 35.0 Å². The van der Waals surface area contributed by atoms with E-state index in [0.717, 1.165) is 24.0 Å². The normalized spacial score (nSPS) is 33.0. The number of hydrogen-bond acceptors (Lipinski definition) is 7. The molecule has 2 unspecified atom stereocenters. The first-order valence-corrected chi connectivity index (χ1v) is 10.8. The van der Waals surface area contributed by atoms with Crippen LogP contribution in [0.2, 0.25) is 5.02 Å². The molecule has 0 aromatic heterocycles. The van der Waals surface area contributed by atoms with Gasteiger partial charge in [0, 0.05) is 5.02 Å². The van der Waals surface area contributed by atoms with E-state index < -0.39 is 43.2 Å². The molecule has 0 bridgehead atoms. The van der Waals surface area contributed by atoms with Crippen LogP contribution in [-0.2, 0) is 11.2 Å². The summed E-state index contributed by atoms with van der Waals surface area (Å²) in [4.78, 5) is 0. The van der Waals surface area contributed by atoms with E-state index in [2.05, 4.69) is 0 Å². The van der Waals surface area contributed by atoms with Crippen LogP contribution in [0.3, 0.4) is 0 Å². The summed E-state index contributed by atoms with van der Waals surface area (Å²) in [6, 6.07) is 12.8. The highest BCUT2D eigenvalue weighted by Gasteiger charge is 2.44. The Hall–Kier alpha value is -1.71. The fourth-order valence-corrected chi connectivity index (χ4v) is 4.14. The molecule has 5 N–H and O–H groups in total. The smallest absolute Gasteiger partial charge is 0.125 e. The Kier molecular flexibility index (Phi) is 6.83. The van der Waals surface area contributed by atoms with E-state index in [1.54, 1.807) is 18.2 Å². The minimum absolute atomic E-state index is 0.143. The van der Waals surface area contributed by atoms with Crippen molar-refractivity contribution in [3.8, 4) is 5.75 Å². The Morgan fingerprint density at radius 2 is 1.68 bits per heavy atom. The maximum absolute atomic E-state index is 10.4. The van der Waals surface area contributed by atoms with Crippen LogP contribution >= 0.6 is 11.6 Å². The van der Waals surface area contributed by atoms with Crippen molar-refractivity contribution in [1.29, 1.82) is 0 Å². The SMILES string of the molecule is OC[C@H]1O[C@@H](c2ccc(Cl)c(Cc3ccc(OC4CCC4O)cc3)c2)[C@H](O)[C@@H](O)[C@@H]1O. The van der Waals surface area contributed by atoms with Crippen LogP contribution in [-0.4, -0.2) is 68.8 Å². The number of hydrogen-bond donors (Lipinski definition) is 5. The van der Waals surface area contributed by atoms with Gasteiger partial charge in [-0.1, -0.05) is 35.9 Å². The molecule has 1 saturated heterocycles. The first-order chi connectivity index (χ1) is 14.9. The maximum Gasteiger partial charge on any atom is 0.125 e. The van der Waals surface area contributed by atoms with Crippen LogP contribution < -0.4 is 4.74 Å². The Morgan fingerprint density at radius 1 is 0.935 bits per heavy atom. The zero-order valence-corrected chi connectivity index (χ0v) is 17.6. The molecule has 8 heteroatoms. The summed E-state index contributed by atoms with van der Waals surface area (Å²) >= 11 is 6.39. The Balaban J connectivity index is 1.49. The van der Waals surface area contributed by atoms with Crippen LogP contribution in [0.5, 0.6) is 5.75 Å². The van der Waals surface area contributed by atoms with Crippen molar-refractivity contribution in [2.75, 3.05) is 6.61 Å². The van der Waals surface area contributed by atoms with Crippen LogP contribution in [0.4, 0.5) is 0 Å². The highest BCUT2D eigenvalue weighted by atomic mass is 35.5. The molecule has 1 aliphatic heterocycles. The van der Waals surface area contributed by atoms with Gasteiger partial charge in [0.1, 0.15) is 42.4 Å². The van der Waals surface area contributed by atoms with Crippen LogP contribution in [0.1, 0.15) is 35.6 Å². The third-order valence-corrected chi connectivity index (χ3v) is 6.44. The molecule has 31 heavy (non-hydrogen) atoms. The highest BCUT2D eigenvalue weighted by Crippen LogP contribution is 2.34. The largest absolute Gasteiger partial charge is 0.488 e. The Morgan fingerprint density at radius 3 is 2.29 bits per heavy atom. The lowest BCUT2D eigenvalue weighted by Gasteiger charge is -2.40. The lowest BCUT2D eigenvalue weighted by atomic mass is 9.90. The third-order valence-electron chi connectivity index (χ3n) is 6.07. The van der Waals surface area contributed by atoms with Gasteiger partial charge in [0.25, 0.3) is 0 Å². The zero-order chi connectivity index (χ0) is 22.1. The molecule has 1 heterocycles. The summed E-state index contributed by atoms with van der Waals surface area (Å²) in [6.45, 7) is -0.478. The van der Waals surface area contributed by atoms with Crippen molar-refractivity contribution in [2.24, 2.45) is 0 Å². The van der Waals surface area contributed by atoms with Crippen LogP contribution in [0.25, 0.3) is 0 Å². The molecule has 4 rings (SSSR count). The van der Waals surface area contributed by atoms with E-state index in [1.807, 2.05) is 24.3 Å². The molecule has 2 fully saturated rings. The molecular formula is C23H27ClO7. The molecular weight excluding hydrogens is 424 g/mol. The van der Waals surface area contributed by atoms with Crippen molar-refractivity contribution in [1.82, 2.24) is 0 Å². The van der Waals surface area contributed by atoms with Gasteiger partial charge in [-0.25, -0.2) is 0 Å². The van der Waals surface area contributed by atoms with Gasteiger partial charge in [-0.3, -0.25) is 0 Å². The van der Waals surface area contributed by atoms with E-state index in [0.29, 0.717) is 22.8 Å². The van der Waals surface area contributed by atoms with Gasteiger partial charge in [-0.05, 0) is 54.2 Å². The number of rotatable bonds is 6. The van der Waals surface area contributed by atoms with Gasteiger partial charge >= 0.3 is 0 Å². The van der Waals surface area contributed by atoms with Gasteiger partial charge in [0.2, 0.25) is 0 Å². The molecule has 1 saturated carbocycles. The number of aliphatic hydroxyl groups is 5. The predicted molar refractivity (Wildman–Crippen MR) is 113 cm³/mol. The summed E-state index contributed by atoms with van der Waals surface area (Å²) in [6.07, 6.45) is -4.45. The van der Waals surface area contributed by atoms with E-state index >= 15 is 0 Å². The van der Waals surface area contributed by atoms with E-state index in [-0.39, 0.29) is 6.10 Å². The molecule has 2 aromatic carbocycles. The summed E-state index contributed by atoms with van der Waals surface area (Å²) in [7, 11) is 0. The molecule has 7 atom stereocenters. The van der Waals surface area contributed by atoms with Crippen molar-refractivity contribution in [3.63, 3.8) is 0 Å². The average Bonchev–Trinajstić information content (AvgIpc) is 2.78. The van der Waals surface area contributed by atoms with Gasteiger partial charge in [0.05, 0.1) is 12.7 Å². The topological polar surface area (TPSA) is 120 Å². The summed E-state index contributed by atoms with van der Waals surface area (Å²) in [5.41, 5.74) is 2.39. The van der Waals surface area contributed by atoms with Crippen LogP contribution in [0.15, 0.2) is 42.5 Å². The molecule has 0 radical (unpaired) electrons. The Bertz CT molecular complexity index is 888. The van der Waals surface area contributed by atoms with Crippen molar-refractivity contribution >= 4 is 11.6 Å². The van der Waals surface area contributed by atoms with Gasteiger partial charge in [-0.15, -0.1) is 0 Å². The molecule has 7 nitrogen and oxygen atoms in total. The van der Waals surface area contributed by atoms with E-state index in [1.165, 1.54) is 0 Å². The molecule has 0 spiro atoms. The molecule has 168 valence electrons. The zero-order valence-electron chi connectivity index (χ0n) is 16.8. The van der Waals surface area contributed by atoms with Gasteiger partial charge in [-0.2, -0.15) is 0 Å². The molecule has 1 aliphatic carbocycles. The lowest BCUT2D eigenvalue weighted by Crippen LogP contribution is -2.55. The van der Waals surface area contributed by atoms with E-state index in [4.69, 9.17) is 21.1 Å². The minimum atomic E-state index is -1.43. The fourth-order valence-electron chi connectivity index (χ4n) is 3.95. The summed E-state index contributed by atoms with van der Waals surface area (Å²) in [5, 5.41) is 50.1. The number of benzene rings is 2. The van der Waals surface area contributed by atoms with Crippen molar-refractivity contribution in [3.05, 3.63) is 64.2 Å². The third kappa shape index (κ3) is 4.73. The monoisotopic (exact) mass is 450 g/mol. The quantitative estimate of drug-likeness (QED) is 0.450. The van der Waals surface area contributed by atoms with Crippen molar-refractivity contribution in [2.45, 2.75) is 62.0 Å². The molecule has 2 aliphatic rings. The fraction of sp³-hybridized carbons (Fsp3) is 0.478. The van der Waals surface area contributed by atoms with Crippen molar-refractivity contribution < 1.29 is 35.0 Å². The number of aliphatic hydroxyl groups excluding tert-OH is 5. The first-order valence-electron chi connectivity index (χ1n) is 10.4. The summed E-state index contributed by atoms with van der Waals surface area (Å²) in [5.74, 6) is 0.702. The standard InChI is InChI=1S/C23H27ClO7/c24-16-6-3-13(23-22(29)21(28)20(27)19(11-25)31-23)10-14(16)9-12-1-4-15(5-2-12)30-18-8-7-17(18)26/h1-6,10,17-23,25-29H,7-9,11H2/t17?,18?,19-,20-,21+,22-,23+/m1/s1. The summed E-state index contributed by atoms with van der Waals surface area (Å²) < 4.78 is 11.4. The lowest BCUT2D eigenvalue weighted by molar-refractivity contribution is -0.231.